The van der Waals surface area contributed by atoms with Crippen LogP contribution in [0.1, 0.15) is 38.8 Å². The Balaban J connectivity index is 2.79. The van der Waals surface area contributed by atoms with Gasteiger partial charge in [0, 0.05) is 6.08 Å². The van der Waals surface area contributed by atoms with E-state index in [1.807, 2.05) is 45.0 Å². The zero-order valence-electron chi connectivity index (χ0n) is 13.0. The smallest absolute Gasteiger partial charge is 0.331 e. The number of hydrogen-bond acceptors (Lipinski definition) is 4. The van der Waals surface area contributed by atoms with Gasteiger partial charge in [-0.15, -0.1) is 0 Å². The van der Waals surface area contributed by atoms with E-state index in [9.17, 15) is 9.59 Å². The molecule has 0 aliphatic heterocycles. The van der Waals surface area contributed by atoms with Crippen molar-refractivity contribution in [3.63, 3.8) is 0 Å². The maximum atomic E-state index is 11.7. The highest BCUT2D eigenvalue weighted by Gasteiger charge is 2.14. The van der Waals surface area contributed by atoms with Crippen LogP contribution in [0.4, 0.5) is 0 Å². The minimum absolute atomic E-state index is 0.183. The van der Waals surface area contributed by atoms with Crippen molar-refractivity contribution in [3.05, 3.63) is 41.5 Å². The number of benzene rings is 1. The van der Waals surface area contributed by atoms with Crippen molar-refractivity contribution in [2.45, 2.75) is 39.7 Å². The molecule has 0 aliphatic rings. The van der Waals surface area contributed by atoms with Gasteiger partial charge in [-0.1, -0.05) is 24.3 Å². The van der Waals surface area contributed by atoms with Crippen LogP contribution < -0.4 is 0 Å². The zero-order chi connectivity index (χ0) is 15.9. The van der Waals surface area contributed by atoms with Crippen molar-refractivity contribution in [2.24, 2.45) is 0 Å². The van der Waals surface area contributed by atoms with Gasteiger partial charge >= 0.3 is 11.9 Å². The fourth-order valence-electron chi connectivity index (χ4n) is 1.72. The van der Waals surface area contributed by atoms with E-state index >= 15 is 0 Å². The molecule has 0 saturated carbocycles. The van der Waals surface area contributed by atoms with E-state index in [0.717, 1.165) is 11.1 Å². The second-order valence-corrected chi connectivity index (χ2v) is 5.55. The van der Waals surface area contributed by atoms with Crippen LogP contribution in [0.2, 0.25) is 0 Å². The van der Waals surface area contributed by atoms with E-state index in [4.69, 9.17) is 9.47 Å². The first-order valence-electron chi connectivity index (χ1n) is 6.96. The predicted molar refractivity (Wildman–Crippen MR) is 81.7 cm³/mol. The van der Waals surface area contributed by atoms with E-state index in [1.54, 1.807) is 13.0 Å². The van der Waals surface area contributed by atoms with Gasteiger partial charge in [-0.05, 0) is 44.9 Å². The third-order valence-electron chi connectivity index (χ3n) is 2.50. The van der Waals surface area contributed by atoms with Crippen molar-refractivity contribution < 1.29 is 19.1 Å². The van der Waals surface area contributed by atoms with Crippen molar-refractivity contribution >= 4 is 18.0 Å². The molecular formula is C17H22O4. The third kappa shape index (κ3) is 6.75. The standard InChI is InChI=1S/C17H22O4/c1-5-20-16(19)12-14-9-7-6-8-13(14)10-11-15(18)21-17(2,3)4/h6-11H,5,12H2,1-4H3. The van der Waals surface area contributed by atoms with Gasteiger partial charge in [0.05, 0.1) is 13.0 Å². The molecule has 4 nitrogen and oxygen atoms in total. The average molecular weight is 290 g/mol. The number of hydrogen-bond donors (Lipinski definition) is 0. The highest BCUT2D eigenvalue weighted by atomic mass is 16.6. The Bertz CT molecular complexity index is 524. The first-order chi connectivity index (χ1) is 9.81. The summed E-state index contributed by atoms with van der Waals surface area (Å²) in [5.41, 5.74) is 1.10. The summed E-state index contributed by atoms with van der Waals surface area (Å²) in [6, 6.07) is 7.38. The highest BCUT2D eigenvalue weighted by Crippen LogP contribution is 2.13. The van der Waals surface area contributed by atoms with Gasteiger partial charge in [-0.3, -0.25) is 4.79 Å². The lowest BCUT2D eigenvalue weighted by molar-refractivity contribution is -0.148. The Kier molecular flexibility index (Phi) is 6.15. The molecule has 1 aromatic rings. The molecule has 0 bridgehead atoms. The molecule has 0 fully saturated rings. The predicted octanol–water partition coefficient (Wildman–Crippen LogP) is 3.15. The largest absolute Gasteiger partial charge is 0.466 e. The van der Waals surface area contributed by atoms with Crippen LogP contribution in [-0.2, 0) is 25.5 Å². The van der Waals surface area contributed by atoms with Crippen LogP contribution >= 0.6 is 0 Å². The Morgan fingerprint density at radius 3 is 2.48 bits per heavy atom. The third-order valence-corrected chi connectivity index (χ3v) is 2.50. The first-order valence-corrected chi connectivity index (χ1v) is 6.96. The lowest BCUT2D eigenvalue weighted by atomic mass is 10.0. The van der Waals surface area contributed by atoms with Crippen LogP contribution in [0.3, 0.4) is 0 Å². The molecule has 4 heteroatoms. The quantitative estimate of drug-likeness (QED) is 0.617. The summed E-state index contributed by atoms with van der Waals surface area (Å²) in [5, 5.41) is 0. The van der Waals surface area contributed by atoms with E-state index in [-0.39, 0.29) is 12.4 Å². The lowest BCUT2D eigenvalue weighted by Gasteiger charge is -2.17. The fourth-order valence-corrected chi connectivity index (χ4v) is 1.72. The molecule has 21 heavy (non-hydrogen) atoms. The molecular weight excluding hydrogens is 268 g/mol. The molecule has 114 valence electrons. The van der Waals surface area contributed by atoms with E-state index in [2.05, 4.69) is 0 Å². The summed E-state index contributed by atoms with van der Waals surface area (Å²) >= 11 is 0. The minimum atomic E-state index is -0.522. The van der Waals surface area contributed by atoms with Crippen molar-refractivity contribution in [3.8, 4) is 0 Å². The van der Waals surface area contributed by atoms with E-state index in [0.29, 0.717) is 6.61 Å². The van der Waals surface area contributed by atoms with Gasteiger partial charge in [0.2, 0.25) is 0 Å². The van der Waals surface area contributed by atoms with Crippen LogP contribution in [0.5, 0.6) is 0 Å². The normalized spacial score (nSPS) is 11.4. The molecule has 0 unspecified atom stereocenters. The second kappa shape index (κ2) is 7.62. The minimum Gasteiger partial charge on any atom is -0.466 e. The summed E-state index contributed by atoms with van der Waals surface area (Å²) in [6.45, 7) is 7.56. The molecule has 0 N–H and O–H groups in total. The van der Waals surface area contributed by atoms with E-state index < -0.39 is 11.6 Å². The summed E-state index contributed by atoms with van der Waals surface area (Å²) in [7, 11) is 0. The molecule has 0 amide bonds. The molecule has 0 heterocycles. The van der Waals surface area contributed by atoms with Gasteiger partial charge in [-0.2, -0.15) is 0 Å². The highest BCUT2D eigenvalue weighted by molar-refractivity contribution is 5.88. The number of carbonyl (C=O) groups is 2. The fraction of sp³-hybridized carbons (Fsp3) is 0.412. The van der Waals surface area contributed by atoms with Gasteiger partial charge in [0.1, 0.15) is 5.60 Å². The topological polar surface area (TPSA) is 52.6 Å². The molecule has 0 aromatic heterocycles. The summed E-state index contributed by atoms with van der Waals surface area (Å²) in [4.78, 5) is 23.2. The molecule has 0 aliphatic carbocycles. The number of rotatable bonds is 5. The summed E-state index contributed by atoms with van der Waals surface area (Å²) in [5.74, 6) is -0.691. The zero-order valence-corrected chi connectivity index (χ0v) is 13.0. The van der Waals surface area contributed by atoms with Crippen molar-refractivity contribution in [1.82, 2.24) is 0 Å². The van der Waals surface area contributed by atoms with Crippen LogP contribution in [-0.4, -0.2) is 24.1 Å². The number of carbonyl (C=O) groups excluding carboxylic acids is 2. The summed E-state index contributed by atoms with van der Waals surface area (Å²) < 4.78 is 10.1. The van der Waals surface area contributed by atoms with Gasteiger partial charge in [0.25, 0.3) is 0 Å². The first kappa shape index (κ1) is 17.0. The van der Waals surface area contributed by atoms with Gasteiger partial charge in [0.15, 0.2) is 0 Å². The van der Waals surface area contributed by atoms with Gasteiger partial charge < -0.3 is 9.47 Å². The van der Waals surface area contributed by atoms with Crippen LogP contribution in [0.25, 0.3) is 6.08 Å². The molecule has 1 aromatic carbocycles. The van der Waals surface area contributed by atoms with Crippen molar-refractivity contribution in [2.75, 3.05) is 6.61 Å². The monoisotopic (exact) mass is 290 g/mol. The SMILES string of the molecule is CCOC(=O)Cc1ccccc1C=CC(=O)OC(C)(C)C. The van der Waals surface area contributed by atoms with Crippen LogP contribution in [0.15, 0.2) is 30.3 Å². The Hall–Kier alpha value is -2.10. The molecule has 0 radical (unpaired) electrons. The lowest BCUT2D eigenvalue weighted by Crippen LogP contribution is -2.22. The Labute approximate surface area is 125 Å². The van der Waals surface area contributed by atoms with Crippen LogP contribution in [0, 0.1) is 0 Å². The molecule has 0 saturated heterocycles. The number of ether oxygens (including phenoxy) is 2. The average Bonchev–Trinajstić information content (AvgIpc) is 2.36. The molecule has 0 atom stereocenters. The maximum Gasteiger partial charge on any atom is 0.331 e. The number of esters is 2. The summed E-state index contributed by atoms with van der Waals surface area (Å²) in [6.07, 6.45) is 3.21. The maximum absolute atomic E-state index is 11.7. The van der Waals surface area contributed by atoms with E-state index in [1.165, 1.54) is 6.08 Å². The Morgan fingerprint density at radius 2 is 1.86 bits per heavy atom. The molecule has 1 rings (SSSR count). The Morgan fingerprint density at radius 1 is 1.19 bits per heavy atom. The second-order valence-electron chi connectivity index (χ2n) is 5.55. The molecule has 0 spiro atoms. The van der Waals surface area contributed by atoms with Gasteiger partial charge in [-0.25, -0.2) is 4.79 Å². The van der Waals surface area contributed by atoms with Crippen molar-refractivity contribution in [1.29, 1.82) is 0 Å².